The Hall–Kier alpha value is -3.22. The Morgan fingerprint density at radius 2 is 1.70 bits per heavy atom. The highest BCUT2D eigenvalue weighted by Gasteiger charge is 2.38. The normalized spacial score (nSPS) is 13.2. The van der Waals surface area contributed by atoms with E-state index in [1.165, 1.54) is 18.2 Å². The van der Waals surface area contributed by atoms with E-state index in [1.807, 2.05) is 6.92 Å². The molecule has 0 bridgehead atoms. The fourth-order valence-corrected chi connectivity index (χ4v) is 2.29. The summed E-state index contributed by atoms with van der Waals surface area (Å²) in [6, 6.07) is 8.68. The lowest BCUT2D eigenvalue weighted by Crippen LogP contribution is -2.33. The monoisotopic (exact) mass is 312 g/mol. The molecule has 0 saturated heterocycles. The Morgan fingerprint density at radius 3 is 2.26 bits per heavy atom. The van der Waals surface area contributed by atoms with Crippen LogP contribution in [0.4, 0.5) is 0 Å². The number of nitrogens with zero attached hydrogens (tertiary/aromatic N) is 1. The summed E-state index contributed by atoms with van der Waals surface area (Å²) < 4.78 is 0. The molecule has 116 valence electrons. The topological polar surface area (TPSA) is 96.5 Å². The van der Waals surface area contributed by atoms with Crippen molar-refractivity contribution in [3.05, 3.63) is 69.1 Å². The molecule has 2 aromatic rings. The molecule has 3 rings (SSSR count). The van der Waals surface area contributed by atoms with Crippen LogP contribution in [0.1, 0.15) is 43.7 Å². The van der Waals surface area contributed by atoms with Crippen LogP contribution in [0.15, 0.2) is 41.2 Å². The van der Waals surface area contributed by atoms with E-state index in [9.17, 15) is 19.2 Å². The zero-order chi connectivity index (χ0) is 16.6. The predicted octanol–water partition coefficient (Wildman–Crippen LogP) is 1.31. The first-order valence-electron chi connectivity index (χ1n) is 6.94. The molecular formula is C16H12N2O5. The maximum atomic E-state index is 12.1. The highest BCUT2D eigenvalue weighted by molar-refractivity contribution is 6.21. The van der Waals surface area contributed by atoms with E-state index in [-0.39, 0.29) is 16.7 Å². The number of hydrogen-bond acceptors (Lipinski definition) is 5. The number of aromatic amines is 1. The number of pyridine rings is 1. The van der Waals surface area contributed by atoms with E-state index < -0.39 is 23.3 Å². The number of hydroxylamine groups is 2. The zero-order valence-corrected chi connectivity index (χ0v) is 12.2. The minimum atomic E-state index is -0.944. The van der Waals surface area contributed by atoms with Crippen LogP contribution in [0, 0.1) is 0 Å². The largest absolute Gasteiger partial charge is 0.364 e. The molecule has 0 atom stereocenters. The SMILES string of the molecule is CCc1cc(C(=O)ON2C(=O)c3ccccc3C2=O)cc(=O)[nH]1. The first-order chi connectivity index (χ1) is 11.0. The van der Waals surface area contributed by atoms with Crippen molar-refractivity contribution in [3.8, 4) is 0 Å². The number of amides is 2. The van der Waals surface area contributed by atoms with Crippen molar-refractivity contribution in [2.75, 3.05) is 0 Å². The van der Waals surface area contributed by atoms with Crippen molar-refractivity contribution in [2.45, 2.75) is 13.3 Å². The van der Waals surface area contributed by atoms with E-state index in [0.29, 0.717) is 17.2 Å². The summed E-state index contributed by atoms with van der Waals surface area (Å²) in [6.07, 6.45) is 0.517. The van der Waals surface area contributed by atoms with Gasteiger partial charge in [-0.15, -0.1) is 0 Å². The third kappa shape index (κ3) is 2.52. The minimum Gasteiger partial charge on any atom is -0.326 e. The summed E-state index contributed by atoms with van der Waals surface area (Å²) in [5.74, 6) is -2.36. The van der Waals surface area contributed by atoms with Gasteiger partial charge in [0.05, 0.1) is 16.7 Å². The van der Waals surface area contributed by atoms with Gasteiger partial charge in [-0.25, -0.2) is 4.79 Å². The fourth-order valence-electron chi connectivity index (χ4n) is 2.29. The lowest BCUT2D eigenvalue weighted by molar-refractivity contribution is -0.0584. The molecular weight excluding hydrogens is 300 g/mol. The number of benzene rings is 1. The van der Waals surface area contributed by atoms with Crippen LogP contribution in [-0.2, 0) is 11.3 Å². The van der Waals surface area contributed by atoms with Gasteiger partial charge in [-0.1, -0.05) is 24.1 Å². The van der Waals surface area contributed by atoms with Gasteiger partial charge in [0.1, 0.15) is 0 Å². The van der Waals surface area contributed by atoms with Gasteiger partial charge in [0.15, 0.2) is 0 Å². The van der Waals surface area contributed by atoms with Crippen LogP contribution in [0.5, 0.6) is 0 Å². The van der Waals surface area contributed by atoms with E-state index in [2.05, 4.69) is 4.98 Å². The number of rotatable bonds is 3. The first kappa shape index (κ1) is 14.7. The Morgan fingerprint density at radius 1 is 1.09 bits per heavy atom. The van der Waals surface area contributed by atoms with Crippen molar-refractivity contribution in [1.29, 1.82) is 0 Å². The smallest absolute Gasteiger partial charge is 0.326 e. The molecule has 0 spiro atoms. The summed E-state index contributed by atoms with van der Waals surface area (Å²) >= 11 is 0. The number of hydrogen-bond donors (Lipinski definition) is 1. The van der Waals surface area contributed by atoms with Crippen LogP contribution < -0.4 is 5.56 Å². The molecule has 0 saturated carbocycles. The number of aryl methyl sites for hydroxylation is 1. The van der Waals surface area contributed by atoms with Crippen LogP contribution in [0.3, 0.4) is 0 Å². The average molecular weight is 312 g/mol. The molecule has 7 heteroatoms. The molecule has 0 aliphatic carbocycles. The molecule has 1 aliphatic heterocycles. The Balaban J connectivity index is 1.87. The highest BCUT2D eigenvalue weighted by atomic mass is 16.7. The number of fused-ring (bicyclic) bond motifs is 1. The van der Waals surface area contributed by atoms with Gasteiger partial charge < -0.3 is 9.82 Å². The quantitative estimate of drug-likeness (QED) is 0.862. The van der Waals surface area contributed by atoms with Crippen molar-refractivity contribution in [1.82, 2.24) is 10.0 Å². The summed E-state index contributed by atoms with van der Waals surface area (Å²) in [4.78, 5) is 55.4. The molecule has 1 aromatic heterocycles. The molecule has 2 amide bonds. The fraction of sp³-hybridized carbons (Fsp3) is 0.125. The second-order valence-electron chi connectivity index (χ2n) is 4.94. The number of carbonyl (C=O) groups excluding carboxylic acids is 3. The highest BCUT2D eigenvalue weighted by Crippen LogP contribution is 2.23. The molecule has 1 aliphatic rings. The number of aromatic nitrogens is 1. The van der Waals surface area contributed by atoms with Crippen LogP contribution in [0.2, 0.25) is 0 Å². The molecule has 1 aromatic carbocycles. The van der Waals surface area contributed by atoms with Gasteiger partial charge >= 0.3 is 5.97 Å². The van der Waals surface area contributed by atoms with Gasteiger partial charge in [-0.2, -0.15) is 0 Å². The number of H-pyrrole nitrogens is 1. The minimum absolute atomic E-state index is 0.0258. The van der Waals surface area contributed by atoms with E-state index >= 15 is 0 Å². The maximum Gasteiger partial charge on any atom is 0.364 e. The molecule has 23 heavy (non-hydrogen) atoms. The summed E-state index contributed by atoms with van der Waals surface area (Å²) in [5.41, 5.74) is 0.406. The van der Waals surface area contributed by atoms with Crippen molar-refractivity contribution >= 4 is 17.8 Å². The van der Waals surface area contributed by atoms with E-state index in [4.69, 9.17) is 4.84 Å². The van der Waals surface area contributed by atoms with Gasteiger partial charge in [-0.3, -0.25) is 14.4 Å². The molecule has 2 heterocycles. The predicted molar refractivity (Wildman–Crippen MR) is 78.8 cm³/mol. The zero-order valence-electron chi connectivity index (χ0n) is 12.2. The third-order valence-electron chi connectivity index (χ3n) is 3.45. The number of carbonyl (C=O) groups is 3. The molecule has 0 fully saturated rings. The third-order valence-corrected chi connectivity index (χ3v) is 3.45. The van der Waals surface area contributed by atoms with Gasteiger partial charge in [0, 0.05) is 11.8 Å². The Bertz CT molecular complexity index is 849. The Kier molecular flexibility index (Phi) is 3.53. The van der Waals surface area contributed by atoms with Crippen LogP contribution in [-0.4, -0.2) is 27.8 Å². The van der Waals surface area contributed by atoms with Crippen LogP contribution in [0.25, 0.3) is 0 Å². The van der Waals surface area contributed by atoms with Crippen molar-refractivity contribution in [3.63, 3.8) is 0 Å². The summed E-state index contributed by atoms with van der Waals surface area (Å²) in [7, 11) is 0. The summed E-state index contributed by atoms with van der Waals surface area (Å²) in [6.45, 7) is 1.81. The first-order valence-corrected chi connectivity index (χ1v) is 6.94. The molecule has 0 unspecified atom stereocenters. The second kappa shape index (κ2) is 5.53. The lowest BCUT2D eigenvalue weighted by Gasteiger charge is -2.12. The summed E-state index contributed by atoms with van der Waals surface area (Å²) in [5, 5.41) is 0.416. The van der Waals surface area contributed by atoms with Gasteiger partial charge in [-0.05, 0) is 24.6 Å². The number of nitrogens with one attached hydrogen (secondary N) is 1. The van der Waals surface area contributed by atoms with Gasteiger partial charge in [0.2, 0.25) is 5.56 Å². The van der Waals surface area contributed by atoms with Crippen molar-refractivity contribution < 1.29 is 19.2 Å². The van der Waals surface area contributed by atoms with Gasteiger partial charge in [0.25, 0.3) is 11.8 Å². The number of imide groups is 1. The molecule has 7 nitrogen and oxygen atoms in total. The lowest BCUT2D eigenvalue weighted by atomic mass is 10.1. The molecule has 0 radical (unpaired) electrons. The van der Waals surface area contributed by atoms with E-state index in [1.54, 1.807) is 12.1 Å². The maximum absolute atomic E-state index is 12.1. The second-order valence-corrected chi connectivity index (χ2v) is 4.94. The van der Waals surface area contributed by atoms with Crippen molar-refractivity contribution in [2.24, 2.45) is 0 Å². The molecule has 1 N–H and O–H groups in total. The standard InChI is InChI=1S/C16H12N2O5/c1-2-10-7-9(8-13(19)17-10)16(22)23-18-14(20)11-5-3-4-6-12(11)15(18)21/h3-8H,2H2,1H3,(H,17,19). The Labute approximate surface area is 130 Å². The van der Waals surface area contributed by atoms with E-state index in [0.717, 1.165) is 6.07 Å². The average Bonchev–Trinajstić information content (AvgIpc) is 2.79. The van der Waals surface area contributed by atoms with Crippen LogP contribution >= 0.6 is 0 Å².